The number of rotatable bonds is 4. The van der Waals surface area contributed by atoms with Crippen LogP contribution in [0.25, 0.3) is 16.8 Å². The van der Waals surface area contributed by atoms with E-state index in [2.05, 4.69) is 0 Å². The van der Waals surface area contributed by atoms with E-state index < -0.39 is 17.2 Å². The maximum atomic E-state index is 12.0. The van der Waals surface area contributed by atoms with E-state index in [0.29, 0.717) is 0 Å². The Hall–Kier alpha value is -3.41. The predicted molar refractivity (Wildman–Crippen MR) is 99.7 cm³/mol. The molecule has 0 saturated carbocycles. The van der Waals surface area contributed by atoms with E-state index in [-0.39, 0.29) is 12.2 Å². The lowest BCUT2D eigenvalue weighted by Gasteiger charge is -2.06. The third-order valence-corrected chi connectivity index (χ3v) is 4.12. The van der Waals surface area contributed by atoms with Crippen molar-refractivity contribution in [3.63, 3.8) is 0 Å². The van der Waals surface area contributed by atoms with Crippen molar-refractivity contribution in [2.75, 3.05) is 0 Å². The number of benzene rings is 2. The normalized spacial score (nSPS) is 11.2. The van der Waals surface area contributed by atoms with E-state index in [1.165, 1.54) is 37.0 Å². The molecule has 0 amide bonds. The van der Waals surface area contributed by atoms with Crippen LogP contribution in [0.15, 0.2) is 64.3 Å². The summed E-state index contributed by atoms with van der Waals surface area (Å²) in [6.07, 6.45) is 3.93. The van der Waals surface area contributed by atoms with Gasteiger partial charge >= 0.3 is 11.7 Å². The Balaban J connectivity index is 1.74. The summed E-state index contributed by atoms with van der Waals surface area (Å²) in [5.41, 5.74) is 0.247. The molecule has 2 aromatic carbocycles. The van der Waals surface area contributed by atoms with E-state index in [9.17, 15) is 14.4 Å². The van der Waals surface area contributed by atoms with Crippen LogP contribution < -0.4 is 11.2 Å². The van der Waals surface area contributed by atoms with E-state index in [1.54, 1.807) is 0 Å². The number of carbonyl (C=O) groups is 1. The van der Waals surface area contributed by atoms with Crippen LogP contribution in [0.4, 0.5) is 0 Å². The number of hydrogen-bond donors (Lipinski definition) is 0. The smallest absolute Gasteiger partial charge is 0.331 e. The first-order chi connectivity index (χ1) is 12.5. The fourth-order valence-electron chi connectivity index (χ4n) is 2.72. The van der Waals surface area contributed by atoms with Crippen molar-refractivity contribution in [1.29, 1.82) is 0 Å². The summed E-state index contributed by atoms with van der Waals surface area (Å²) in [7, 11) is 2.93. The molecule has 0 aliphatic rings. The van der Waals surface area contributed by atoms with Gasteiger partial charge in [-0.05, 0) is 22.4 Å². The average molecular weight is 350 g/mol. The molecule has 26 heavy (non-hydrogen) atoms. The number of ether oxygens (including phenoxy) is 1. The number of nitrogens with zero attached hydrogens (tertiary/aromatic N) is 2. The highest BCUT2D eigenvalue weighted by Crippen LogP contribution is 2.19. The minimum absolute atomic E-state index is 0.135. The third kappa shape index (κ3) is 3.49. The van der Waals surface area contributed by atoms with Gasteiger partial charge in [-0.3, -0.25) is 9.36 Å². The van der Waals surface area contributed by atoms with Crippen molar-refractivity contribution in [2.24, 2.45) is 14.1 Å². The van der Waals surface area contributed by atoms with Crippen LogP contribution in [0.5, 0.6) is 0 Å². The largest absolute Gasteiger partial charge is 0.458 e. The molecule has 3 aromatic rings. The van der Waals surface area contributed by atoms with Crippen LogP contribution in [0.3, 0.4) is 0 Å². The fourth-order valence-corrected chi connectivity index (χ4v) is 2.72. The Morgan fingerprint density at radius 2 is 1.81 bits per heavy atom. The van der Waals surface area contributed by atoms with Gasteiger partial charge in [-0.1, -0.05) is 42.5 Å². The van der Waals surface area contributed by atoms with Gasteiger partial charge in [0.25, 0.3) is 5.56 Å². The van der Waals surface area contributed by atoms with Crippen molar-refractivity contribution in [2.45, 2.75) is 6.61 Å². The lowest BCUT2D eigenvalue weighted by molar-refractivity contribution is -0.138. The van der Waals surface area contributed by atoms with E-state index in [0.717, 1.165) is 20.9 Å². The number of aryl methyl sites for hydroxylation is 1. The first-order valence-corrected chi connectivity index (χ1v) is 8.05. The van der Waals surface area contributed by atoms with Gasteiger partial charge in [-0.2, -0.15) is 0 Å². The summed E-state index contributed by atoms with van der Waals surface area (Å²) in [6.45, 7) is 0.135. The molecule has 0 N–H and O–H groups in total. The van der Waals surface area contributed by atoms with Crippen LogP contribution in [0, 0.1) is 0 Å². The second kappa shape index (κ2) is 7.23. The first kappa shape index (κ1) is 17.4. The van der Waals surface area contributed by atoms with Crippen molar-refractivity contribution in [1.82, 2.24) is 9.13 Å². The minimum Gasteiger partial charge on any atom is -0.458 e. The molecule has 132 valence electrons. The molecule has 0 atom stereocenters. The van der Waals surface area contributed by atoms with E-state index >= 15 is 0 Å². The number of esters is 1. The number of carbonyl (C=O) groups excluding carboxylic acids is 1. The standard InChI is InChI=1S/C20H18N2O4/c1-21-12-15(19(24)22(2)20(21)25)10-11-18(23)26-13-16-8-5-7-14-6-3-4-9-17(14)16/h3-12H,13H2,1-2H3/b11-10+. The van der Waals surface area contributed by atoms with Crippen LogP contribution in [0.1, 0.15) is 11.1 Å². The monoisotopic (exact) mass is 350 g/mol. The summed E-state index contributed by atoms with van der Waals surface area (Å²) in [4.78, 5) is 35.7. The maximum absolute atomic E-state index is 12.0. The maximum Gasteiger partial charge on any atom is 0.331 e. The number of aromatic nitrogens is 2. The van der Waals surface area contributed by atoms with Gasteiger partial charge < -0.3 is 9.30 Å². The van der Waals surface area contributed by atoms with Crippen LogP contribution in [-0.4, -0.2) is 15.1 Å². The molecular weight excluding hydrogens is 332 g/mol. The second-order valence-corrected chi connectivity index (χ2v) is 5.92. The van der Waals surface area contributed by atoms with Gasteiger partial charge in [0, 0.05) is 26.4 Å². The number of hydrogen-bond acceptors (Lipinski definition) is 4. The Morgan fingerprint density at radius 1 is 1.08 bits per heavy atom. The van der Waals surface area contributed by atoms with Crippen LogP contribution in [-0.2, 0) is 30.2 Å². The molecule has 0 spiro atoms. The van der Waals surface area contributed by atoms with E-state index in [1.807, 2.05) is 42.5 Å². The highest BCUT2D eigenvalue weighted by molar-refractivity contribution is 5.88. The van der Waals surface area contributed by atoms with Crippen molar-refractivity contribution in [3.05, 3.63) is 86.7 Å². The van der Waals surface area contributed by atoms with Gasteiger partial charge in [-0.25, -0.2) is 9.59 Å². The highest BCUT2D eigenvalue weighted by Gasteiger charge is 2.06. The van der Waals surface area contributed by atoms with Crippen molar-refractivity contribution in [3.8, 4) is 0 Å². The lowest BCUT2D eigenvalue weighted by atomic mass is 10.1. The summed E-state index contributed by atoms with van der Waals surface area (Å²) >= 11 is 0. The second-order valence-electron chi connectivity index (χ2n) is 5.92. The molecule has 6 nitrogen and oxygen atoms in total. The summed E-state index contributed by atoms with van der Waals surface area (Å²) in [5.74, 6) is -0.561. The average Bonchev–Trinajstić information content (AvgIpc) is 2.66. The molecule has 1 aromatic heterocycles. The van der Waals surface area contributed by atoms with E-state index in [4.69, 9.17) is 4.74 Å². The molecule has 0 unspecified atom stereocenters. The highest BCUT2D eigenvalue weighted by atomic mass is 16.5. The molecule has 0 saturated heterocycles. The van der Waals surface area contributed by atoms with Gasteiger partial charge in [-0.15, -0.1) is 0 Å². The predicted octanol–water partition coefficient (Wildman–Crippen LogP) is 1.99. The zero-order valence-electron chi connectivity index (χ0n) is 14.5. The van der Waals surface area contributed by atoms with Gasteiger partial charge in [0.05, 0.1) is 5.56 Å². The lowest BCUT2D eigenvalue weighted by Crippen LogP contribution is -2.37. The Labute approximate surface area is 149 Å². The van der Waals surface area contributed by atoms with Crippen molar-refractivity contribution < 1.29 is 9.53 Å². The van der Waals surface area contributed by atoms with Crippen molar-refractivity contribution >= 4 is 22.8 Å². The minimum atomic E-state index is -0.561. The van der Waals surface area contributed by atoms with Gasteiger partial charge in [0.2, 0.25) is 0 Å². The quantitative estimate of drug-likeness (QED) is 0.533. The third-order valence-electron chi connectivity index (χ3n) is 4.12. The van der Waals surface area contributed by atoms with Crippen LogP contribution in [0.2, 0.25) is 0 Å². The Morgan fingerprint density at radius 3 is 2.62 bits per heavy atom. The molecule has 0 aliphatic heterocycles. The molecule has 0 aliphatic carbocycles. The Bertz CT molecular complexity index is 1120. The molecular formula is C20H18N2O4. The zero-order chi connectivity index (χ0) is 18.7. The fraction of sp³-hybridized carbons (Fsp3) is 0.150. The molecule has 0 bridgehead atoms. The Kier molecular flexibility index (Phi) is 4.84. The molecule has 0 fully saturated rings. The topological polar surface area (TPSA) is 70.3 Å². The first-order valence-electron chi connectivity index (χ1n) is 8.05. The molecule has 0 radical (unpaired) electrons. The summed E-state index contributed by atoms with van der Waals surface area (Å²) < 4.78 is 7.55. The molecule has 3 rings (SSSR count). The SMILES string of the molecule is Cn1cc(/C=C/C(=O)OCc2cccc3ccccc23)c(=O)n(C)c1=O. The molecule has 6 heteroatoms. The van der Waals surface area contributed by atoms with Crippen LogP contribution >= 0.6 is 0 Å². The molecule has 1 heterocycles. The summed E-state index contributed by atoms with van der Waals surface area (Å²) in [5, 5.41) is 2.10. The summed E-state index contributed by atoms with van der Waals surface area (Å²) in [6, 6.07) is 13.7. The van der Waals surface area contributed by atoms with Gasteiger partial charge in [0.15, 0.2) is 0 Å². The van der Waals surface area contributed by atoms with Gasteiger partial charge in [0.1, 0.15) is 6.61 Å². The number of fused-ring (bicyclic) bond motifs is 1. The zero-order valence-corrected chi connectivity index (χ0v) is 14.5.